The number of rotatable bonds is 1. The first kappa shape index (κ1) is 8.17. The van der Waals surface area contributed by atoms with Crippen molar-refractivity contribution in [3.63, 3.8) is 0 Å². The van der Waals surface area contributed by atoms with Gasteiger partial charge in [0.2, 0.25) is 0 Å². The molecule has 1 aromatic heterocycles. The van der Waals surface area contributed by atoms with Gasteiger partial charge in [-0.2, -0.15) is 0 Å². The summed E-state index contributed by atoms with van der Waals surface area (Å²) in [5, 5.41) is 0. The predicted molar refractivity (Wildman–Crippen MR) is 53.8 cm³/mol. The zero-order valence-corrected chi connectivity index (χ0v) is 7.86. The molecule has 2 heteroatoms. The Labute approximate surface area is 78.0 Å². The monoisotopic (exact) mass is 172 g/mol. The third-order valence-electron chi connectivity index (χ3n) is 2.32. The first-order valence-electron chi connectivity index (χ1n) is 4.37. The molecule has 2 nitrogen and oxygen atoms in total. The number of aromatic nitrogens is 1. The zero-order chi connectivity index (χ0) is 9.31. The van der Waals surface area contributed by atoms with E-state index in [-0.39, 0.29) is 5.54 Å². The van der Waals surface area contributed by atoms with E-state index in [1.54, 1.807) is 12.4 Å². The molecule has 0 radical (unpaired) electrons. The van der Waals surface area contributed by atoms with E-state index in [1.165, 1.54) is 5.56 Å². The fourth-order valence-electron chi connectivity index (χ4n) is 1.57. The molecule has 1 aliphatic rings. The van der Waals surface area contributed by atoms with Crippen molar-refractivity contribution in [3.8, 4) is 0 Å². The summed E-state index contributed by atoms with van der Waals surface area (Å²) in [5.41, 5.74) is 2.10. The second kappa shape index (κ2) is 2.80. The molecule has 13 heavy (non-hydrogen) atoms. The van der Waals surface area contributed by atoms with Crippen molar-refractivity contribution < 1.29 is 0 Å². The molecule has 2 heterocycles. The Hall–Kier alpha value is -1.44. The Balaban J connectivity index is 2.43. The third-order valence-corrected chi connectivity index (χ3v) is 2.32. The van der Waals surface area contributed by atoms with Crippen LogP contribution >= 0.6 is 0 Å². The van der Waals surface area contributed by atoms with Gasteiger partial charge in [0.05, 0.1) is 0 Å². The molecule has 1 atom stereocenters. The van der Waals surface area contributed by atoms with Gasteiger partial charge in [-0.05, 0) is 37.6 Å². The summed E-state index contributed by atoms with van der Waals surface area (Å²) < 4.78 is 0. The number of nitrogens with zero attached hydrogens (tertiary/aromatic N) is 2. The topological polar surface area (TPSA) is 25.2 Å². The second-order valence-corrected chi connectivity index (χ2v) is 3.47. The third kappa shape index (κ3) is 1.39. The highest BCUT2D eigenvalue weighted by Crippen LogP contribution is 2.30. The van der Waals surface area contributed by atoms with Crippen molar-refractivity contribution in [2.24, 2.45) is 4.99 Å². The lowest BCUT2D eigenvalue weighted by molar-refractivity contribution is 0.644. The van der Waals surface area contributed by atoms with Crippen LogP contribution in [0.5, 0.6) is 0 Å². The van der Waals surface area contributed by atoms with Gasteiger partial charge in [0, 0.05) is 18.1 Å². The van der Waals surface area contributed by atoms with Crippen molar-refractivity contribution in [1.29, 1.82) is 0 Å². The lowest BCUT2D eigenvalue weighted by Crippen LogP contribution is -2.13. The highest BCUT2D eigenvalue weighted by atomic mass is 14.9. The molecule has 0 saturated carbocycles. The standard InChI is InChI=1S/C11H12N2/c1-9-3-6-11(2,13-9)10-4-7-12-8-5-10/h3-8H,1-2H3. The van der Waals surface area contributed by atoms with Crippen LogP contribution in [0.4, 0.5) is 0 Å². The lowest BCUT2D eigenvalue weighted by atomic mass is 9.95. The van der Waals surface area contributed by atoms with Gasteiger partial charge in [0.25, 0.3) is 0 Å². The lowest BCUT2D eigenvalue weighted by Gasteiger charge is -2.18. The van der Waals surface area contributed by atoms with Crippen LogP contribution in [0.3, 0.4) is 0 Å². The summed E-state index contributed by atoms with van der Waals surface area (Å²) in [6.07, 6.45) is 7.79. The maximum atomic E-state index is 4.57. The van der Waals surface area contributed by atoms with Crippen LogP contribution in [-0.2, 0) is 5.54 Å². The average Bonchev–Trinajstić information content (AvgIpc) is 2.49. The quantitative estimate of drug-likeness (QED) is 0.638. The smallest absolute Gasteiger partial charge is 0.102 e. The van der Waals surface area contributed by atoms with Crippen LogP contribution in [0.15, 0.2) is 41.7 Å². The molecule has 0 amide bonds. The summed E-state index contributed by atoms with van der Waals surface area (Å²) in [7, 11) is 0. The Kier molecular flexibility index (Phi) is 1.76. The van der Waals surface area contributed by atoms with Crippen molar-refractivity contribution >= 4 is 5.71 Å². The van der Waals surface area contributed by atoms with Gasteiger partial charge >= 0.3 is 0 Å². The van der Waals surface area contributed by atoms with E-state index in [0.29, 0.717) is 0 Å². The molecule has 0 spiro atoms. The summed E-state index contributed by atoms with van der Waals surface area (Å²) in [4.78, 5) is 8.56. The number of allylic oxidation sites excluding steroid dienone is 1. The van der Waals surface area contributed by atoms with Crippen LogP contribution in [0.25, 0.3) is 0 Å². The molecular formula is C11H12N2. The molecular weight excluding hydrogens is 160 g/mol. The van der Waals surface area contributed by atoms with E-state index in [4.69, 9.17) is 0 Å². The Morgan fingerprint density at radius 2 is 1.92 bits per heavy atom. The molecule has 0 fully saturated rings. The fourth-order valence-corrected chi connectivity index (χ4v) is 1.57. The Morgan fingerprint density at radius 1 is 1.23 bits per heavy atom. The van der Waals surface area contributed by atoms with Gasteiger partial charge < -0.3 is 0 Å². The second-order valence-electron chi connectivity index (χ2n) is 3.47. The number of aliphatic imine (C=N–C) groups is 1. The van der Waals surface area contributed by atoms with Crippen LogP contribution in [0, 0.1) is 0 Å². The van der Waals surface area contributed by atoms with E-state index in [9.17, 15) is 0 Å². The van der Waals surface area contributed by atoms with Crippen LogP contribution in [-0.4, -0.2) is 10.7 Å². The SMILES string of the molecule is CC1=NC(C)(c2ccncc2)C=C1. The minimum Gasteiger partial charge on any atom is -0.275 e. The van der Waals surface area contributed by atoms with Crippen LogP contribution < -0.4 is 0 Å². The van der Waals surface area contributed by atoms with Gasteiger partial charge in [-0.25, -0.2) is 0 Å². The Morgan fingerprint density at radius 3 is 2.46 bits per heavy atom. The van der Waals surface area contributed by atoms with E-state index in [0.717, 1.165) is 5.71 Å². The maximum Gasteiger partial charge on any atom is 0.102 e. The molecule has 2 rings (SSSR count). The number of pyridine rings is 1. The first-order valence-corrected chi connectivity index (χ1v) is 4.37. The minimum atomic E-state index is -0.174. The van der Waals surface area contributed by atoms with Gasteiger partial charge in [0.15, 0.2) is 0 Å². The van der Waals surface area contributed by atoms with Gasteiger partial charge in [-0.3, -0.25) is 9.98 Å². The largest absolute Gasteiger partial charge is 0.275 e. The van der Waals surface area contributed by atoms with E-state index in [1.807, 2.05) is 19.1 Å². The molecule has 0 bridgehead atoms. The molecule has 0 aliphatic carbocycles. The minimum absolute atomic E-state index is 0.174. The highest BCUT2D eigenvalue weighted by Gasteiger charge is 2.25. The van der Waals surface area contributed by atoms with E-state index in [2.05, 4.69) is 29.1 Å². The van der Waals surface area contributed by atoms with Crippen LogP contribution in [0.1, 0.15) is 19.4 Å². The fraction of sp³-hybridized carbons (Fsp3) is 0.273. The van der Waals surface area contributed by atoms with Gasteiger partial charge in [-0.1, -0.05) is 6.08 Å². The molecule has 0 saturated heterocycles. The number of hydrogen-bond donors (Lipinski definition) is 0. The van der Waals surface area contributed by atoms with Crippen molar-refractivity contribution in [3.05, 3.63) is 42.2 Å². The summed E-state index contributed by atoms with van der Waals surface area (Å²) in [5.74, 6) is 0. The summed E-state index contributed by atoms with van der Waals surface area (Å²) in [6, 6.07) is 4.01. The molecule has 1 aliphatic heterocycles. The molecule has 0 aromatic carbocycles. The van der Waals surface area contributed by atoms with Crippen molar-refractivity contribution in [1.82, 2.24) is 4.98 Å². The molecule has 66 valence electrons. The average molecular weight is 172 g/mol. The van der Waals surface area contributed by atoms with Gasteiger partial charge in [0.1, 0.15) is 5.54 Å². The summed E-state index contributed by atoms with van der Waals surface area (Å²) in [6.45, 7) is 4.12. The number of hydrogen-bond acceptors (Lipinski definition) is 2. The Bertz CT molecular complexity index is 365. The molecule has 0 N–H and O–H groups in total. The molecule has 1 unspecified atom stereocenters. The zero-order valence-electron chi connectivity index (χ0n) is 7.86. The predicted octanol–water partition coefficient (Wildman–Crippen LogP) is 2.33. The van der Waals surface area contributed by atoms with Crippen molar-refractivity contribution in [2.45, 2.75) is 19.4 Å². The van der Waals surface area contributed by atoms with Gasteiger partial charge in [-0.15, -0.1) is 0 Å². The maximum absolute atomic E-state index is 4.57. The summed E-state index contributed by atoms with van der Waals surface area (Å²) >= 11 is 0. The highest BCUT2D eigenvalue weighted by molar-refractivity contribution is 5.95. The van der Waals surface area contributed by atoms with E-state index < -0.39 is 0 Å². The van der Waals surface area contributed by atoms with E-state index >= 15 is 0 Å². The normalized spacial score (nSPS) is 26.2. The van der Waals surface area contributed by atoms with Crippen molar-refractivity contribution in [2.75, 3.05) is 0 Å². The van der Waals surface area contributed by atoms with Crippen LogP contribution in [0.2, 0.25) is 0 Å². The molecule has 1 aromatic rings. The first-order chi connectivity index (χ1) is 6.21.